The normalized spacial score (nSPS) is 17.6. The number of nitrogens with zero attached hydrogens (tertiary/aromatic N) is 1. The van der Waals surface area contributed by atoms with Crippen LogP contribution in [-0.4, -0.2) is 30.6 Å². The second-order valence-electron chi connectivity index (χ2n) is 6.34. The van der Waals surface area contributed by atoms with E-state index < -0.39 is 5.60 Å². The average molecular weight is 305 g/mol. The van der Waals surface area contributed by atoms with Gasteiger partial charge in [-0.3, -0.25) is 0 Å². The topological polar surface area (TPSA) is 23.5 Å². The molecule has 0 amide bonds. The van der Waals surface area contributed by atoms with Crippen molar-refractivity contribution in [3.8, 4) is 0 Å². The van der Waals surface area contributed by atoms with Crippen LogP contribution in [-0.2, 0) is 5.60 Å². The molecule has 2 heteroatoms. The summed E-state index contributed by atoms with van der Waals surface area (Å²) >= 11 is 0. The van der Waals surface area contributed by atoms with E-state index in [1.807, 2.05) is 60.7 Å². The molecule has 0 saturated heterocycles. The highest BCUT2D eigenvalue weighted by Gasteiger charge is 2.41. The van der Waals surface area contributed by atoms with Gasteiger partial charge in [-0.2, -0.15) is 0 Å². The first-order valence-electron chi connectivity index (χ1n) is 7.98. The first-order valence-corrected chi connectivity index (χ1v) is 7.98. The zero-order valence-corrected chi connectivity index (χ0v) is 13.7. The van der Waals surface area contributed by atoms with Crippen molar-refractivity contribution in [2.45, 2.75) is 5.60 Å². The van der Waals surface area contributed by atoms with Crippen molar-refractivity contribution < 1.29 is 5.11 Å². The molecule has 2 aromatic rings. The highest BCUT2D eigenvalue weighted by atomic mass is 16.3. The van der Waals surface area contributed by atoms with Gasteiger partial charge in [-0.1, -0.05) is 78.9 Å². The second-order valence-corrected chi connectivity index (χ2v) is 6.34. The van der Waals surface area contributed by atoms with Crippen LogP contribution >= 0.6 is 0 Å². The number of hydrogen-bond donors (Lipinski definition) is 1. The van der Waals surface area contributed by atoms with Gasteiger partial charge in [0.05, 0.1) is 0 Å². The van der Waals surface area contributed by atoms with Gasteiger partial charge in [0.15, 0.2) is 0 Å². The molecule has 0 radical (unpaired) electrons. The second kappa shape index (κ2) is 6.53. The lowest BCUT2D eigenvalue weighted by Crippen LogP contribution is -2.37. The fraction of sp³-hybridized carbons (Fsp3) is 0.238. The van der Waals surface area contributed by atoms with E-state index >= 15 is 0 Å². The molecule has 0 spiro atoms. The quantitative estimate of drug-likeness (QED) is 0.912. The average Bonchev–Trinajstić information content (AvgIpc) is 3.03. The minimum Gasteiger partial charge on any atom is -0.379 e. The number of rotatable bonds is 5. The van der Waals surface area contributed by atoms with Crippen LogP contribution in [0.5, 0.6) is 0 Å². The molecule has 2 aromatic carbocycles. The van der Waals surface area contributed by atoms with Gasteiger partial charge in [-0.25, -0.2) is 0 Å². The maximum absolute atomic E-state index is 11.8. The Kier molecular flexibility index (Phi) is 4.46. The Bertz CT molecular complexity index is 662. The van der Waals surface area contributed by atoms with Crippen molar-refractivity contribution in [1.82, 2.24) is 4.90 Å². The minimum atomic E-state index is -1.06. The Morgan fingerprint density at radius 2 is 1.43 bits per heavy atom. The molecule has 0 fully saturated rings. The summed E-state index contributed by atoms with van der Waals surface area (Å²) in [5.74, 6) is -0.0605. The molecule has 0 aromatic heterocycles. The molecule has 3 rings (SSSR count). The van der Waals surface area contributed by atoms with Crippen LogP contribution in [0.15, 0.2) is 84.5 Å². The molecule has 1 aliphatic carbocycles. The Morgan fingerprint density at radius 1 is 0.913 bits per heavy atom. The van der Waals surface area contributed by atoms with Crippen LogP contribution in [0.3, 0.4) is 0 Å². The van der Waals surface area contributed by atoms with Crippen LogP contribution in [0, 0.1) is 5.92 Å². The molecule has 1 atom stereocenters. The summed E-state index contributed by atoms with van der Waals surface area (Å²) in [5.41, 5.74) is 2.02. The number of aliphatic hydroxyl groups is 1. The van der Waals surface area contributed by atoms with Crippen LogP contribution in [0.2, 0.25) is 0 Å². The van der Waals surface area contributed by atoms with Gasteiger partial charge < -0.3 is 10.0 Å². The highest BCUT2D eigenvalue weighted by molar-refractivity contribution is 5.44. The van der Waals surface area contributed by atoms with E-state index in [1.165, 1.54) is 5.57 Å². The van der Waals surface area contributed by atoms with Crippen molar-refractivity contribution in [2.24, 2.45) is 5.92 Å². The zero-order chi connectivity index (χ0) is 16.3. The smallest absolute Gasteiger partial charge is 0.125 e. The molecule has 1 unspecified atom stereocenters. The van der Waals surface area contributed by atoms with Gasteiger partial charge in [0.1, 0.15) is 5.60 Å². The monoisotopic (exact) mass is 305 g/mol. The molecular weight excluding hydrogens is 282 g/mol. The standard InChI is InChI=1S/C21H23NO/c1-22(2)16-17-10-9-15-20(17)21(23,18-11-5-3-6-12-18)19-13-7-4-8-14-19/h3-15,20,23H,16H2,1-2H3. The number of benzene rings is 2. The molecule has 1 N–H and O–H groups in total. The lowest BCUT2D eigenvalue weighted by atomic mass is 9.74. The molecule has 1 aliphatic rings. The Hall–Kier alpha value is -2.16. The van der Waals surface area contributed by atoms with E-state index in [0.717, 1.165) is 17.7 Å². The van der Waals surface area contributed by atoms with Crippen molar-refractivity contribution in [2.75, 3.05) is 20.6 Å². The van der Waals surface area contributed by atoms with E-state index in [0.29, 0.717) is 0 Å². The molecule has 2 nitrogen and oxygen atoms in total. The Balaban J connectivity index is 2.10. The van der Waals surface area contributed by atoms with E-state index in [2.05, 4.69) is 37.2 Å². The fourth-order valence-corrected chi connectivity index (χ4v) is 3.35. The van der Waals surface area contributed by atoms with Crippen molar-refractivity contribution >= 4 is 0 Å². The summed E-state index contributed by atoms with van der Waals surface area (Å²) in [6, 6.07) is 19.9. The van der Waals surface area contributed by atoms with Crippen molar-refractivity contribution in [3.63, 3.8) is 0 Å². The summed E-state index contributed by atoms with van der Waals surface area (Å²) in [5, 5.41) is 11.8. The van der Waals surface area contributed by atoms with Gasteiger partial charge in [0.2, 0.25) is 0 Å². The Morgan fingerprint density at radius 3 is 1.91 bits per heavy atom. The summed E-state index contributed by atoms with van der Waals surface area (Å²) in [4.78, 5) is 2.14. The third-order valence-electron chi connectivity index (χ3n) is 4.39. The molecule has 23 heavy (non-hydrogen) atoms. The predicted octanol–water partition coefficient (Wildman–Crippen LogP) is 3.60. The van der Waals surface area contributed by atoms with Gasteiger partial charge in [-0.15, -0.1) is 0 Å². The number of hydrogen-bond acceptors (Lipinski definition) is 2. The first-order chi connectivity index (χ1) is 11.1. The van der Waals surface area contributed by atoms with E-state index in [9.17, 15) is 5.11 Å². The molecular formula is C21H23NO. The number of likely N-dealkylation sites (N-methyl/N-ethyl adjacent to an activating group) is 1. The van der Waals surface area contributed by atoms with Gasteiger partial charge >= 0.3 is 0 Å². The van der Waals surface area contributed by atoms with Crippen LogP contribution < -0.4 is 0 Å². The third kappa shape index (κ3) is 3.00. The summed E-state index contributed by atoms with van der Waals surface area (Å²) < 4.78 is 0. The largest absolute Gasteiger partial charge is 0.379 e. The van der Waals surface area contributed by atoms with Crippen LogP contribution in [0.4, 0.5) is 0 Å². The molecule has 0 saturated carbocycles. The lowest BCUT2D eigenvalue weighted by molar-refractivity contribution is 0.0489. The highest BCUT2D eigenvalue weighted by Crippen LogP contribution is 2.43. The molecule has 0 bridgehead atoms. The first kappa shape index (κ1) is 15.7. The molecule has 118 valence electrons. The van der Waals surface area contributed by atoms with Crippen molar-refractivity contribution in [3.05, 3.63) is 95.6 Å². The van der Waals surface area contributed by atoms with Gasteiger partial charge in [0.25, 0.3) is 0 Å². The van der Waals surface area contributed by atoms with Crippen LogP contribution in [0.25, 0.3) is 0 Å². The lowest BCUT2D eigenvalue weighted by Gasteiger charge is -2.36. The van der Waals surface area contributed by atoms with E-state index in [-0.39, 0.29) is 5.92 Å². The zero-order valence-electron chi connectivity index (χ0n) is 13.7. The maximum atomic E-state index is 11.8. The molecule has 0 heterocycles. The maximum Gasteiger partial charge on any atom is 0.125 e. The Labute approximate surface area is 138 Å². The van der Waals surface area contributed by atoms with Gasteiger partial charge in [-0.05, 0) is 30.8 Å². The molecule has 0 aliphatic heterocycles. The van der Waals surface area contributed by atoms with Gasteiger partial charge in [0, 0.05) is 12.5 Å². The van der Waals surface area contributed by atoms with E-state index in [4.69, 9.17) is 0 Å². The third-order valence-corrected chi connectivity index (χ3v) is 4.39. The SMILES string of the molecule is CN(C)CC1=CC=CC1C(O)(c1ccccc1)c1ccccc1. The fourth-order valence-electron chi connectivity index (χ4n) is 3.35. The summed E-state index contributed by atoms with van der Waals surface area (Å²) in [7, 11) is 4.11. The number of allylic oxidation sites excluding steroid dienone is 2. The van der Waals surface area contributed by atoms with Crippen LogP contribution in [0.1, 0.15) is 11.1 Å². The summed E-state index contributed by atoms with van der Waals surface area (Å²) in [6.45, 7) is 0.833. The van der Waals surface area contributed by atoms with Crippen molar-refractivity contribution in [1.29, 1.82) is 0 Å². The summed E-state index contributed by atoms with van der Waals surface area (Å²) in [6.07, 6.45) is 6.29. The van der Waals surface area contributed by atoms with E-state index in [1.54, 1.807) is 0 Å². The predicted molar refractivity (Wildman–Crippen MR) is 95.1 cm³/mol. The minimum absolute atomic E-state index is 0.0605.